The summed E-state index contributed by atoms with van der Waals surface area (Å²) in [4.78, 5) is 27.9. The fourth-order valence-corrected chi connectivity index (χ4v) is 4.35. The van der Waals surface area contributed by atoms with E-state index in [-0.39, 0.29) is 23.3 Å². The molecule has 3 aromatic rings. The van der Waals surface area contributed by atoms with Gasteiger partial charge in [-0.25, -0.2) is 19.0 Å². The Morgan fingerprint density at radius 3 is 3.03 bits per heavy atom. The molecule has 1 N–H and O–H groups in total. The van der Waals surface area contributed by atoms with Crippen molar-refractivity contribution in [3.8, 4) is 0 Å². The summed E-state index contributed by atoms with van der Waals surface area (Å²) in [6.45, 7) is 0.504. The van der Waals surface area contributed by atoms with Crippen molar-refractivity contribution in [1.29, 1.82) is 0 Å². The van der Waals surface area contributed by atoms with Crippen molar-refractivity contribution in [3.63, 3.8) is 0 Å². The third kappa shape index (κ3) is 2.68. The van der Waals surface area contributed by atoms with E-state index < -0.39 is 0 Å². The molecule has 0 radical (unpaired) electrons. The second-order valence-electron chi connectivity index (χ2n) is 8.00. The van der Waals surface area contributed by atoms with Crippen LogP contribution in [0.3, 0.4) is 0 Å². The Labute approximate surface area is 165 Å². The maximum atomic E-state index is 14.1. The smallest absolute Gasteiger partial charge is 0.257 e. The van der Waals surface area contributed by atoms with Crippen LogP contribution in [0, 0.1) is 5.82 Å². The highest BCUT2D eigenvalue weighted by Crippen LogP contribution is 2.42. The van der Waals surface area contributed by atoms with Crippen LogP contribution in [-0.2, 0) is 11.3 Å². The monoisotopic (exact) mass is 394 g/mol. The number of carbonyl (C=O) groups is 1. The Bertz CT molecular complexity index is 1140. The van der Waals surface area contributed by atoms with Crippen LogP contribution in [0.5, 0.6) is 0 Å². The molecule has 2 aliphatic heterocycles. The van der Waals surface area contributed by atoms with Gasteiger partial charge in [0.2, 0.25) is 0 Å². The van der Waals surface area contributed by atoms with Gasteiger partial charge in [-0.1, -0.05) is 0 Å². The molecule has 6 rings (SSSR count). The highest BCUT2D eigenvalue weighted by Gasteiger charge is 2.44. The summed E-state index contributed by atoms with van der Waals surface area (Å²) in [6, 6.07) is 3.15. The Morgan fingerprint density at radius 1 is 1.28 bits per heavy atom. The number of halogens is 1. The summed E-state index contributed by atoms with van der Waals surface area (Å²) in [7, 11) is 0. The second-order valence-corrected chi connectivity index (χ2v) is 8.00. The molecule has 1 aliphatic carbocycles. The first-order chi connectivity index (χ1) is 14.1. The number of aromatic nitrogens is 4. The lowest BCUT2D eigenvalue weighted by molar-refractivity contribution is 0.0930. The van der Waals surface area contributed by atoms with E-state index in [9.17, 15) is 9.18 Å². The predicted octanol–water partition coefficient (Wildman–Crippen LogP) is 2.36. The molecule has 2 fully saturated rings. The number of amides is 1. The summed E-state index contributed by atoms with van der Waals surface area (Å²) in [5.74, 6) is 0.0218. The Kier molecular flexibility index (Phi) is 3.46. The first-order valence-corrected chi connectivity index (χ1v) is 9.85. The number of aryl methyl sites for hydroxylation is 1. The number of hydrogen-bond donors (Lipinski definition) is 1. The van der Waals surface area contributed by atoms with Crippen LogP contribution in [0.2, 0.25) is 0 Å². The molecule has 3 aromatic heterocycles. The molecular formula is C20H19FN6O2. The van der Waals surface area contributed by atoms with E-state index in [4.69, 9.17) is 4.84 Å². The van der Waals surface area contributed by atoms with Crippen molar-refractivity contribution in [2.75, 3.05) is 11.7 Å². The summed E-state index contributed by atoms with van der Waals surface area (Å²) >= 11 is 0. The van der Waals surface area contributed by atoms with Crippen LogP contribution < -0.4 is 10.4 Å². The van der Waals surface area contributed by atoms with Gasteiger partial charge < -0.3 is 5.32 Å². The zero-order valence-electron chi connectivity index (χ0n) is 15.6. The molecule has 8 nitrogen and oxygen atoms in total. The van der Waals surface area contributed by atoms with Crippen molar-refractivity contribution >= 4 is 17.4 Å². The molecule has 1 saturated carbocycles. The van der Waals surface area contributed by atoms with Crippen molar-refractivity contribution in [2.24, 2.45) is 0 Å². The Hall–Kier alpha value is -3.07. The number of anilines is 1. The molecule has 1 saturated heterocycles. The number of nitrogens with one attached hydrogen (secondary N) is 1. The van der Waals surface area contributed by atoms with E-state index in [2.05, 4.69) is 20.4 Å². The lowest BCUT2D eigenvalue weighted by Crippen LogP contribution is -2.37. The Morgan fingerprint density at radius 2 is 2.17 bits per heavy atom. The van der Waals surface area contributed by atoms with Gasteiger partial charge in [0.25, 0.3) is 5.91 Å². The maximum Gasteiger partial charge on any atom is 0.257 e. The summed E-state index contributed by atoms with van der Waals surface area (Å²) in [5.41, 5.74) is 2.34. The van der Waals surface area contributed by atoms with E-state index in [1.165, 1.54) is 6.20 Å². The third-order valence-corrected chi connectivity index (χ3v) is 6.13. The van der Waals surface area contributed by atoms with Crippen molar-refractivity contribution in [1.82, 2.24) is 24.9 Å². The van der Waals surface area contributed by atoms with Crippen LogP contribution in [0.4, 0.5) is 10.2 Å². The first-order valence-electron chi connectivity index (χ1n) is 9.85. The average molecular weight is 394 g/mol. The van der Waals surface area contributed by atoms with Gasteiger partial charge in [-0.3, -0.25) is 14.6 Å². The molecule has 5 heterocycles. The minimum Gasteiger partial charge on any atom is -0.346 e. The number of rotatable bonds is 0. The quantitative estimate of drug-likeness (QED) is 0.630. The van der Waals surface area contributed by atoms with Crippen LogP contribution in [-0.4, -0.2) is 37.6 Å². The maximum absolute atomic E-state index is 14.1. The predicted molar refractivity (Wildman–Crippen MR) is 101 cm³/mol. The number of fused-ring (bicyclic) bond motifs is 5. The van der Waals surface area contributed by atoms with E-state index in [1.54, 1.807) is 34.1 Å². The molecule has 29 heavy (non-hydrogen) atoms. The van der Waals surface area contributed by atoms with Crippen molar-refractivity contribution in [3.05, 3.63) is 53.4 Å². The van der Waals surface area contributed by atoms with Crippen LogP contribution in [0.25, 0.3) is 5.65 Å². The van der Waals surface area contributed by atoms with Crippen LogP contribution in [0.1, 0.15) is 53.3 Å². The molecule has 2 bridgehead atoms. The van der Waals surface area contributed by atoms with E-state index in [0.29, 0.717) is 36.5 Å². The van der Waals surface area contributed by atoms with Gasteiger partial charge in [-0.2, -0.15) is 5.10 Å². The van der Waals surface area contributed by atoms with Crippen molar-refractivity contribution < 1.29 is 14.0 Å². The number of hydroxylamine groups is 1. The minimum atomic E-state index is -0.365. The Balaban J connectivity index is 1.54. The number of hydrogen-bond acceptors (Lipinski definition) is 6. The fourth-order valence-electron chi connectivity index (χ4n) is 4.35. The highest BCUT2D eigenvalue weighted by molar-refractivity contribution is 6.00. The molecule has 0 aromatic carbocycles. The van der Waals surface area contributed by atoms with Crippen LogP contribution in [0.15, 0.2) is 30.7 Å². The molecule has 9 heteroatoms. The van der Waals surface area contributed by atoms with Gasteiger partial charge in [0.1, 0.15) is 11.4 Å². The normalized spacial score (nSPS) is 22.6. The molecule has 1 amide bonds. The lowest BCUT2D eigenvalue weighted by Gasteiger charge is -2.25. The van der Waals surface area contributed by atoms with Gasteiger partial charge in [0, 0.05) is 35.5 Å². The standard InChI is InChI=1S/C20H19FN6O2/c21-12-9-13-15(22-10-12)1-4-20(5-6-20)25-19(28)14-11-23-26-7-2-17(24-18(14)26)27-16(13)3-8-29-27/h2,7,9-11,16H,1,3-6,8H2,(H,25,28)/t16-/m1/s1. The lowest BCUT2D eigenvalue weighted by atomic mass is 9.97. The zero-order chi connectivity index (χ0) is 19.6. The van der Waals surface area contributed by atoms with Crippen molar-refractivity contribution in [2.45, 2.75) is 43.7 Å². The minimum absolute atomic E-state index is 0.174. The summed E-state index contributed by atoms with van der Waals surface area (Å²) < 4.78 is 15.7. The molecule has 1 spiro atoms. The van der Waals surface area contributed by atoms with E-state index in [1.807, 2.05) is 0 Å². The van der Waals surface area contributed by atoms with Crippen LogP contribution >= 0.6 is 0 Å². The first kappa shape index (κ1) is 16.8. The van der Waals surface area contributed by atoms with Gasteiger partial charge >= 0.3 is 0 Å². The van der Waals surface area contributed by atoms with E-state index in [0.717, 1.165) is 30.5 Å². The largest absolute Gasteiger partial charge is 0.346 e. The molecule has 3 aliphatic rings. The molecular weight excluding hydrogens is 375 g/mol. The van der Waals surface area contributed by atoms with Gasteiger partial charge in [-0.15, -0.1) is 0 Å². The number of pyridine rings is 1. The number of nitrogens with zero attached hydrogens (tertiary/aromatic N) is 5. The average Bonchev–Trinajstić information content (AvgIpc) is 3.14. The second kappa shape index (κ2) is 5.96. The highest BCUT2D eigenvalue weighted by atomic mass is 19.1. The SMILES string of the molecule is O=C1NC2(CCc3ncc(F)cc3[C@H]3CCON3c3ccn4ncc1c4n3)CC2. The van der Waals surface area contributed by atoms with Gasteiger partial charge in [0.15, 0.2) is 11.5 Å². The zero-order valence-corrected chi connectivity index (χ0v) is 15.6. The summed E-state index contributed by atoms with van der Waals surface area (Å²) in [6.07, 6.45) is 8.53. The topological polar surface area (TPSA) is 84.7 Å². The van der Waals surface area contributed by atoms with Gasteiger partial charge in [-0.05, 0) is 31.7 Å². The molecule has 0 unspecified atom stereocenters. The summed E-state index contributed by atoms with van der Waals surface area (Å²) in [5, 5.41) is 9.14. The number of carbonyl (C=O) groups excluding carboxylic acids is 1. The fraction of sp³-hybridized carbons (Fsp3) is 0.400. The molecule has 1 atom stereocenters. The third-order valence-electron chi connectivity index (χ3n) is 6.13. The van der Waals surface area contributed by atoms with E-state index >= 15 is 0 Å². The van der Waals surface area contributed by atoms with Gasteiger partial charge in [0.05, 0.1) is 25.0 Å². The molecule has 148 valence electrons.